The van der Waals surface area contributed by atoms with Crippen molar-refractivity contribution in [2.45, 2.75) is 6.54 Å². The summed E-state index contributed by atoms with van der Waals surface area (Å²) in [5.74, 6) is 1.78. The standard InChI is InChI=1S/C25H29N7O/c33-25-17-26-8-9-28-23-5-4-21(16-29-23)20-6-7-27-24(15-20)30-22-3-1-2-19(14-22)18-31-10-12-32(25)13-11-31/h1-7,14-16,26H,8-13,17-18H2,(H,27,30)(H,28,29). The number of benzene rings is 1. The lowest BCUT2D eigenvalue weighted by Crippen LogP contribution is -2.50. The number of hydrogen-bond donors (Lipinski definition) is 3. The van der Waals surface area contributed by atoms with Gasteiger partial charge in [0.15, 0.2) is 0 Å². The molecule has 5 aliphatic heterocycles. The molecule has 0 atom stereocenters. The van der Waals surface area contributed by atoms with Gasteiger partial charge in [-0.15, -0.1) is 0 Å². The number of carbonyl (C=O) groups excluding carboxylic acids is 1. The number of nitrogens with one attached hydrogen (secondary N) is 3. The molecule has 2 aromatic heterocycles. The monoisotopic (exact) mass is 443 g/mol. The third kappa shape index (κ3) is 5.47. The van der Waals surface area contributed by atoms with Crippen molar-refractivity contribution in [2.75, 3.05) is 56.4 Å². The summed E-state index contributed by atoms with van der Waals surface area (Å²) >= 11 is 0. The Kier molecular flexibility index (Phi) is 6.46. The molecule has 3 aromatic rings. The molecule has 0 saturated carbocycles. The highest BCUT2D eigenvalue weighted by molar-refractivity contribution is 5.78. The van der Waals surface area contributed by atoms with Crippen LogP contribution in [0.3, 0.4) is 0 Å². The van der Waals surface area contributed by atoms with E-state index in [9.17, 15) is 4.79 Å². The average molecular weight is 444 g/mol. The molecule has 1 amide bonds. The van der Waals surface area contributed by atoms with Gasteiger partial charge in [-0.1, -0.05) is 12.1 Å². The predicted octanol–water partition coefficient (Wildman–Crippen LogP) is 2.55. The maximum Gasteiger partial charge on any atom is 0.236 e. The van der Waals surface area contributed by atoms with Crippen LogP contribution in [0.15, 0.2) is 60.9 Å². The Bertz CT molecular complexity index is 1090. The fourth-order valence-corrected chi connectivity index (χ4v) is 4.24. The summed E-state index contributed by atoms with van der Waals surface area (Å²) < 4.78 is 0. The molecule has 3 N–H and O–H groups in total. The third-order valence-corrected chi connectivity index (χ3v) is 6.07. The van der Waals surface area contributed by atoms with E-state index < -0.39 is 0 Å². The molecule has 7 heterocycles. The quantitative estimate of drug-likeness (QED) is 0.492. The summed E-state index contributed by atoms with van der Waals surface area (Å²) in [4.78, 5) is 25.9. The lowest BCUT2D eigenvalue weighted by atomic mass is 10.1. The van der Waals surface area contributed by atoms with E-state index >= 15 is 0 Å². The van der Waals surface area contributed by atoms with E-state index in [2.05, 4.69) is 61.2 Å². The van der Waals surface area contributed by atoms with Crippen LogP contribution in [0.25, 0.3) is 11.1 Å². The maximum absolute atomic E-state index is 12.5. The van der Waals surface area contributed by atoms with Crippen LogP contribution in [-0.4, -0.2) is 71.5 Å². The Hall–Kier alpha value is -3.49. The van der Waals surface area contributed by atoms with E-state index in [1.165, 1.54) is 5.56 Å². The van der Waals surface area contributed by atoms with Crippen LogP contribution in [0.1, 0.15) is 5.56 Å². The molecule has 8 nitrogen and oxygen atoms in total. The van der Waals surface area contributed by atoms with Gasteiger partial charge in [0.1, 0.15) is 11.6 Å². The summed E-state index contributed by atoms with van der Waals surface area (Å²) in [5.41, 5.74) is 4.34. The summed E-state index contributed by atoms with van der Waals surface area (Å²) in [5, 5.41) is 9.99. The average Bonchev–Trinajstić information content (AvgIpc) is 2.84. The number of hydrogen-bond acceptors (Lipinski definition) is 7. The SMILES string of the molecule is O=C1CNCCNc2ccc(cn2)-c2ccnc(c2)Nc2cccc(c2)CN2CCN1CC2. The van der Waals surface area contributed by atoms with Crippen molar-refractivity contribution in [3.8, 4) is 11.1 Å². The van der Waals surface area contributed by atoms with Crippen LogP contribution in [0.5, 0.6) is 0 Å². The van der Waals surface area contributed by atoms with Crippen LogP contribution < -0.4 is 16.0 Å². The van der Waals surface area contributed by atoms with E-state index in [-0.39, 0.29) is 5.91 Å². The van der Waals surface area contributed by atoms with Gasteiger partial charge in [-0.2, -0.15) is 0 Å². The normalized spacial score (nSPS) is 17.6. The highest BCUT2D eigenvalue weighted by Gasteiger charge is 2.20. The van der Waals surface area contributed by atoms with Crippen molar-refractivity contribution < 1.29 is 4.79 Å². The molecule has 1 aromatic carbocycles. The summed E-state index contributed by atoms with van der Waals surface area (Å²) in [6.45, 7) is 5.94. The van der Waals surface area contributed by atoms with Gasteiger partial charge in [-0.3, -0.25) is 9.69 Å². The Morgan fingerprint density at radius 1 is 0.848 bits per heavy atom. The first-order valence-electron chi connectivity index (χ1n) is 11.5. The van der Waals surface area contributed by atoms with Gasteiger partial charge in [0.2, 0.25) is 5.91 Å². The second kappa shape index (κ2) is 9.97. The van der Waals surface area contributed by atoms with Gasteiger partial charge < -0.3 is 20.9 Å². The van der Waals surface area contributed by atoms with Gasteiger partial charge in [-0.25, -0.2) is 9.97 Å². The minimum atomic E-state index is 0.166. The summed E-state index contributed by atoms with van der Waals surface area (Å²) in [7, 11) is 0. The number of nitrogens with zero attached hydrogens (tertiary/aromatic N) is 4. The first kappa shape index (κ1) is 21.4. The first-order valence-corrected chi connectivity index (χ1v) is 11.5. The fourth-order valence-electron chi connectivity index (χ4n) is 4.24. The summed E-state index contributed by atoms with van der Waals surface area (Å²) in [6.07, 6.45) is 3.68. The Morgan fingerprint density at radius 2 is 1.76 bits per heavy atom. The van der Waals surface area contributed by atoms with Crippen molar-refractivity contribution in [3.05, 3.63) is 66.5 Å². The molecule has 8 rings (SSSR count). The molecule has 0 unspecified atom stereocenters. The molecule has 0 spiro atoms. The number of carbonyl (C=O) groups is 1. The van der Waals surface area contributed by atoms with Crippen LogP contribution in [0.4, 0.5) is 17.3 Å². The van der Waals surface area contributed by atoms with Crippen molar-refractivity contribution in [1.29, 1.82) is 0 Å². The number of pyridine rings is 2. The first-order chi connectivity index (χ1) is 16.2. The number of aromatic nitrogens is 2. The van der Waals surface area contributed by atoms with E-state index in [1.807, 2.05) is 35.5 Å². The van der Waals surface area contributed by atoms with Crippen LogP contribution in [0, 0.1) is 0 Å². The molecule has 170 valence electrons. The fraction of sp³-hybridized carbons (Fsp3) is 0.320. The van der Waals surface area contributed by atoms with Gasteiger partial charge in [0, 0.05) is 69.5 Å². The van der Waals surface area contributed by atoms with Gasteiger partial charge in [-0.05, 0) is 47.5 Å². The van der Waals surface area contributed by atoms with Gasteiger partial charge >= 0.3 is 0 Å². The summed E-state index contributed by atoms with van der Waals surface area (Å²) in [6, 6.07) is 16.5. The van der Waals surface area contributed by atoms with E-state index in [1.54, 1.807) is 0 Å². The molecule has 5 aliphatic rings. The molecular weight excluding hydrogens is 414 g/mol. The van der Waals surface area contributed by atoms with Crippen molar-refractivity contribution in [2.24, 2.45) is 0 Å². The second-order valence-corrected chi connectivity index (χ2v) is 8.45. The van der Waals surface area contributed by atoms with Crippen molar-refractivity contribution >= 4 is 23.2 Å². The smallest absolute Gasteiger partial charge is 0.236 e. The highest BCUT2D eigenvalue weighted by Crippen LogP contribution is 2.24. The van der Waals surface area contributed by atoms with Crippen LogP contribution in [-0.2, 0) is 11.3 Å². The van der Waals surface area contributed by atoms with Gasteiger partial charge in [0.05, 0.1) is 6.54 Å². The number of rotatable bonds is 0. The maximum atomic E-state index is 12.5. The largest absolute Gasteiger partial charge is 0.369 e. The van der Waals surface area contributed by atoms with E-state index in [4.69, 9.17) is 0 Å². The number of amides is 1. The second-order valence-electron chi connectivity index (χ2n) is 8.45. The molecule has 0 aliphatic carbocycles. The van der Waals surface area contributed by atoms with Crippen molar-refractivity contribution in [3.63, 3.8) is 0 Å². The van der Waals surface area contributed by atoms with Gasteiger partial charge in [0.25, 0.3) is 0 Å². The minimum Gasteiger partial charge on any atom is -0.369 e. The molecule has 8 heteroatoms. The zero-order chi connectivity index (χ0) is 22.5. The zero-order valence-electron chi connectivity index (χ0n) is 18.6. The van der Waals surface area contributed by atoms with E-state index in [0.717, 1.165) is 61.2 Å². The molecule has 0 radical (unpaired) electrons. The predicted molar refractivity (Wildman–Crippen MR) is 130 cm³/mol. The minimum absolute atomic E-state index is 0.166. The molecule has 1 fully saturated rings. The van der Waals surface area contributed by atoms with Crippen molar-refractivity contribution in [1.82, 2.24) is 25.1 Å². The third-order valence-electron chi connectivity index (χ3n) is 6.07. The van der Waals surface area contributed by atoms with Crippen LogP contribution in [0.2, 0.25) is 0 Å². The molecule has 8 bridgehead atoms. The Morgan fingerprint density at radius 3 is 2.61 bits per heavy atom. The molecular formula is C25H29N7O. The number of anilines is 3. The molecule has 33 heavy (non-hydrogen) atoms. The highest BCUT2D eigenvalue weighted by atomic mass is 16.2. The van der Waals surface area contributed by atoms with Crippen LogP contribution >= 0.6 is 0 Å². The van der Waals surface area contributed by atoms with E-state index in [0.29, 0.717) is 19.6 Å². The Labute approximate surface area is 194 Å². The molecule has 1 saturated heterocycles. The topological polar surface area (TPSA) is 85.4 Å². The lowest BCUT2D eigenvalue weighted by Gasteiger charge is -2.35. The number of piperazine rings is 1. The Balaban J connectivity index is 1.38. The zero-order valence-corrected chi connectivity index (χ0v) is 18.6. The lowest BCUT2D eigenvalue weighted by molar-refractivity contribution is -0.132.